The predicted octanol–water partition coefficient (Wildman–Crippen LogP) is 2.44. The van der Waals surface area contributed by atoms with Gasteiger partial charge in [0.25, 0.3) is 0 Å². The standard InChI is InChI=1S/C15H15N3O4S3/c1-22-15(19)14-13(4-9-24-14)25(20,21)16-5-7-18-6-2-12(17-18)11-3-8-23-10-11/h2-4,6,8-10,16H,5,7H2,1H3. The number of thiophene rings is 2. The Hall–Kier alpha value is -2.01. The van der Waals surface area contributed by atoms with E-state index in [1.165, 1.54) is 13.2 Å². The van der Waals surface area contributed by atoms with Crippen LogP contribution in [0.15, 0.2) is 45.4 Å². The second kappa shape index (κ2) is 7.48. The molecule has 1 N–H and O–H groups in total. The van der Waals surface area contributed by atoms with Gasteiger partial charge in [0.15, 0.2) is 0 Å². The lowest BCUT2D eigenvalue weighted by Gasteiger charge is -2.07. The van der Waals surface area contributed by atoms with Gasteiger partial charge in [-0.3, -0.25) is 4.68 Å². The summed E-state index contributed by atoms with van der Waals surface area (Å²) in [5.74, 6) is -0.664. The number of esters is 1. The molecule has 0 bridgehead atoms. The molecule has 25 heavy (non-hydrogen) atoms. The van der Waals surface area contributed by atoms with E-state index in [2.05, 4.69) is 14.6 Å². The molecule has 10 heteroatoms. The van der Waals surface area contributed by atoms with Gasteiger partial charge in [-0.25, -0.2) is 17.9 Å². The van der Waals surface area contributed by atoms with Crippen LogP contribution >= 0.6 is 22.7 Å². The van der Waals surface area contributed by atoms with Crippen LogP contribution in [0.2, 0.25) is 0 Å². The Morgan fingerprint density at radius 2 is 2.16 bits per heavy atom. The van der Waals surface area contributed by atoms with Crippen LogP contribution in [0.25, 0.3) is 11.3 Å². The molecule has 0 amide bonds. The molecular formula is C15H15N3O4S3. The Bertz CT molecular complexity index is 958. The molecule has 0 aromatic carbocycles. The molecule has 0 unspecified atom stereocenters. The molecule has 0 aliphatic carbocycles. The molecule has 3 rings (SSSR count). The summed E-state index contributed by atoms with van der Waals surface area (Å²) in [6.45, 7) is 0.532. The highest BCUT2D eigenvalue weighted by Gasteiger charge is 2.24. The normalized spacial score (nSPS) is 11.6. The Kier molecular flexibility index (Phi) is 5.33. The summed E-state index contributed by atoms with van der Waals surface area (Å²) in [4.78, 5) is 11.6. The molecule has 132 valence electrons. The number of sulfonamides is 1. The van der Waals surface area contributed by atoms with Crippen LogP contribution in [-0.4, -0.2) is 37.8 Å². The molecule has 7 nitrogen and oxygen atoms in total. The lowest BCUT2D eigenvalue weighted by atomic mass is 10.2. The van der Waals surface area contributed by atoms with E-state index in [1.54, 1.807) is 27.6 Å². The third-order valence-corrected chi connectivity index (χ3v) is 6.59. The molecule has 0 radical (unpaired) electrons. The van der Waals surface area contributed by atoms with Crippen molar-refractivity contribution in [3.8, 4) is 11.3 Å². The van der Waals surface area contributed by atoms with E-state index in [0.29, 0.717) is 6.54 Å². The van der Waals surface area contributed by atoms with Gasteiger partial charge in [-0.1, -0.05) is 0 Å². The smallest absolute Gasteiger partial charge is 0.349 e. The SMILES string of the molecule is COC(=O)c1sccc1S(=O)(=O)NCCn1ccc(-c2ccsc2)n1. The maximum absolute atomic E-state index is 12.4. The number of methoxy groups -OCH3 is 1. The van der Waals surface area contributed by atoms with E-state index in [4.69, 9.17) is 0 Å². The predicted molar refractivity (Wildman–Crippen MR) is 96.4 cm³/mol. The van der Waals surface area contributed by atoms with Crippen molar-refractivity contribution >= 4 is 38.7 Å². The third-order valence-electron chi connectivity index (χ3n) is 3.38. The number of carbonyl (C=O) groups is 1. The molecule has 3 heterocycles. The third kappa shape index (κ3) is 3.98. The zero-order valence-electron chi connectivity index (χ0n) is 13.2. The first-order valence-corrected chi connectivity index (χ1v) is 10.5. The molecule has 0 fully saturated rings. The average Bonchev–Trinajstić information content (AvgIpc) is 3.32. The van der Waals surface area contributed by atoms with E-state index in [-0.39, 0.29) is 16.3 Å². The molecule has 0 saturated carbocycles. The van der Waals surface area contributed by atoms with Crippen molar-refractivity contribution in [2.75, 3.05) is 13.7 Å². The first-order chi connectivity index (χ1) is 12.0. The van der Waals surface area contributed by atoms with Crippen molar-refractivity contribution in [1.29, 1.82) is 0 Å². The monoisotopic (exact) mass is 397 g/mol. The van der Waals surface area contributed by atoms with Gasteiger partial charge in [0.05, 0.1) is 19.3 Å². The summed E-state index contributed by atoms with van der Waals surface area (Å²) in [6.07, 6.45) is 1.80. The van der Waals surface area contributed by atoms with Crippen molar-refractivity contribution in [3.63, 3.8) is 0 Å². The summed E-state index contributed by atoms with van der Waals surface area (Å²) in [6, 6.07) is 5.25. The second-order valence-corrected chi connectivity index (χ2v) is 8.41. The molecule has 0 atom stereocenters. The van der Waals surface area contributed by atoms with E-state index in [1.807, 2.05) is 22.9 Å². The van der Waals surface area contributed by atoms with Crippen molar-refractivity contribution < 1.29 is 17.9 Å². The molecule has 3 aromatic rings. The number of rotatable bonds is 7. The minimum Gasteiger partial charge on any atom is -0.465 e. The number of aromatic nitrogens is 2. The van der Waals surface area contributed by atoms with Crippen molar-refractivity contribution in [2.24, 2.45) is 0 Å². The van der Waals surface area contributed by atoms with Gasteiger partial charge in [0, 0.05) is 23.7 Å². The maximum Gasteiger partial charge on any atom is 0.349 e. The molecule has 3 aromatic heterocycles. The Balaban J connectivity index is 1.64. The fourth-order valence-electron chi connectivity index (χ4n) is 2.17. The minimum atomic E-state index is -3.79. The van der Waals surface area contributed by atoms with E-state index in [9.17, 15) is 13.2 Å². The largest absolute Gasteiger partial charge is 0.465 e. The number of nitrogens with one attached hydrogen (secondary N) is 1. The van der Waals surface area contributed by atoms with Crippen molar-refractivity contribution in [2.45, 2.75) is 11.4 Å². The minimum absolute atomic E-state index is 0.0637. The number of carbonyl (C=O) groups excluding carboxylic acids is 1. The zero-order chi connectivity index (χ0) is 17.9. The Labute approximate surface area is 152 Å². The lowest BCUT2D eigenvalue weighted by Crippen LogP contribution is -2.28. The van der Waals surface area contributed by atoms with E-state index >= 15 is 0 Å². The number of nitrogens with zero attached hydrogens (tertiary/aromatic N) is 2. The second-order valence-electron chi connectivity index (χ2n) is 4.98. The highest BCUT2D eigenvalue weighted by molar-refractivity contribution is 7.89. The Morgan fingerprint density at radius 1 is 1.32 bits per heavy atom. The van der Waals surface area contributed by atoms with E-state index < -0.39 is 16.0 Å². The highest BCUT2D eigenvalue weighted by Crippen LogP contribution is 2.22. The van der Waals surface area contributed by atoms with Gasteiger partial charge in [-0.15, -0.1) is 11.3 Å². The number of hydrogen-bond acceptors (Lipinski definition) is 7. The van der Waals surface area contributed by atoms with Gasteiger partial charge in [0.1, 0.15) is 9.77 Å². The van der Waals surface area contributed by atoms with Gasteiger partial charge in [-0.2, -0.15) is 16.4 Å². The van der Waals surface area contributed by atoms with Gasteiger partial charge in [-0.05, 0) is 29.0 Å². The summed E-state index contributed by atoms with van der Waals surface area (Å²) in [5, 5.41) is 9.93. The fraction of sp³-hybridized carbons (Fsp3) is 0.200. The summed E-state index contributed by atoms with van der Waals surface area (Å²) in [7, 11) is -2.57. The number of hydrogen-bond donors (Lipinski definition) is 1. The summed E-state index contributed by atoms with van der Waals surface area (Å²) >= 11 is 2.62. The van der Waals surface area contributed by atoms with Crippen LogP contribution in [0.4, 0.5) is 0 Å². The van der Waals surface area contributed by atoms with Gasteiger partial charge < -0.3 is 4.74 Å². The summed E-state index contributed by atoms with van der Waals surface area (Å²) in [5.41, 5.74) is 1.88. The first-order valence-electron chi connectivity index (χ1n) is 7.23. The Morgan fingerprint density at radius 3 is 2.88 bits per heavy atom. The van der Waals surface area contributed by atoms with Crippen LogP contribution in [0.1, 0.15) is 9.67 Å². The first kappa shape index (κ1) is 17.8. The average molecular weight is 398 g/mol. The van der Waals surface area contributed by atoms with E-state index in [0.717, 1.165) is 22.6 Å². The lowest BCUT2D eigenvalue weighted by molar-refractivity contribution is 0.0602. The fourth-order valence-corrected chi connectivity index (χ4v) is 5.18. The van der Waals surface area contributed by atoms with Crippen LogP contribution < -0.4 is 4.72 Å². The zero-order valence-corrected chi connectivity index (χ0v) is 15.7. The van der Waals surface area contributed by atoms with Crippen molar-refractivity contribution in [1.82, 2.24) is 14.5 Å². The summed E-state index contributed by atoms with van der Waals surface area (Å²) < 4.78 is 33.5. The maximum atomic E-state index is 12.4. The van der Waals surface area contributed by atoms with Crippen LogP contribution in [0.5, 0.6) is 0 Å². The molecular weight excluding hydrogens is 382 g/mol. The topological polar surface area (TPSA) is 90.3 Å². The van der Waals surface area contributed by atoms with Gasteiger partial charge >= 0.3 is 5.97 Å². The van der Waals surface area contributed by atoms with Crippen LogP contribution in [0.3, 0.4) is 0 Å². The molecule has 0 aliphatic rings. The van der Waals surface area contributed by atoms with Crippen LogP contribution in [0, 0.1) is 0 Å². The quantitative estimate of drug-likeness (QED) is 0.619. The van der Waals surface area contributed by atoms with Crippen molar-refractivity contribution in [3.05, 3.63) is 45.4 Å². The number of ether oxygens (including phenoxy) is 1. The van der Waals surface area contributed by atoms with Crippen LogP contribution in [-0.2, 0) is 21.3 Å². The molecule has 0 spiro atoms. The molecule has 0 saturated heterocycles. The van der Waals surface area contributed by atoms with Gasteiger partial charge in [0.2, 0.25) is 10.0 Å². The molecule has 0 aliphatic heterocycles. The highest BCUT2D eigenvalue weighted by atomic mass is 32.2.